The highest BCUT2D eigenvalue weighted by Crippen LogP contribution is 2.32. The lowest BCUT2D eigenvalue weighted by molar-refractivity contribution is -0.142. The van der Waals surface area contributed by atoms with Crippen LogP contribution in [0.1, 0.15) is 5.56 Å². The number of para-hydroxylation sites is 1. The van der Waals surface area contributed by atoms with Gasteiger partial charge in [0.1, 0.15) is 0 Å². The van der Waals surface area contributed by atoms with Gasteiger partial charge in [0, 0.05) is 6.42 Å². The van der Waals surface area contributed by atoms with Gasteiger partial charge in [-0.25, -0.2) is 9.80 Å². The van der Waals surface area contributed by atoms with Gasteiger partial charge in [-0.15, -0.1) is 4.91 Å². The summed E-state index contributed by atoms with van der Waals surface area (Å²) in [5.41, 5.74) is 1.62. The molecule has 78 valence electrons. The van der Waals surface area contributed by atoms with Gasteiger partial charge in [-0.3, -0.25) is 0 Å². The highest BCUT2D eigenvalue weighted by Gasteiger charge is 2.36. The quantitative estimate of drug-likeness (QED) is 0.540. The number of nitrogens with zero attached hydrogens (tertiary/aromatic N) is 2. The van der Waals surface area contributed by atoms with Gasteiger partial charge in [0.05, 0.1) is 18.1 Å². The van der Waals surface area contributed by atoms with E-state index in [0.717, 1.165) is 5.56 Å². The van der Waals surface area contributed by atoms with E-state index in [9.17, 15) is 9.70 Å². The molecule has 1 aliphatic rings. The fraction of sp³-hybridized carbons (Fsp3) is 0.300. The van der Waals surface area contributed by atoms with Gasteiger partial charge in [0.15, 0.2) is 6.04 Å². The van der Waals surface area contributed by atoms with E-state index in [1.165, 1.54) is 12.1 Å². The van der Waals surface area contributed by atoms with E-state index in [1.807, 2.05) is 12.1 Å². The van der Waals surface area contributed by atoms with Gasteiger partial charge in [0.25, 0.3) is 0 Å². The second kappa shape index (κ2) is 3.68. The average molecular weight is 206 g/mol. The fourth-order valence-electron chi connectivity index (χ4n) is 1.79. The third kappa shape index (κ3) is 1.45. The van der Waals surface area contributed by atoms with Crippen molar-refractivity contribution in [1.29, 1.82) is 0 Å². The lowest BCUT2D eigenvalue weighted by atomic mass is 10.1. The molecule has 1 aromatic rings. The number of nitroso groups, excluding NO2 is 1. The molecule has 0 spiro atoms. The van der Waals surface area contributed by atoms with Crippen molar-refractivity contribution in [1.82, 2.24) is 0 Å². The van der Waals surface area contributed by atoms with Gasteiger partial charge in [-0.1, -0.05) is 18.2 Å². The highest BCUT2D eigenvalue weighted by molar-refractivity contribution is 5.83. The third-order valence-electron chi connectivity index (χ3n) is 2.51. The first kappa shape index (κ1) is 9.64. The maximum absolute atomic E-state index is 11.4. The Kier molecular flexibility index (Phi) is 2.37. The molecule has 1 aromatic carbocycles. The third-order valence-corrected chi connectivity index (χ3v) is 2.51. The monoisotopic (exact) mass is 206 g/mol. The minimum absolute atomic E-state index is 0.439. The average Bonchev–Trinajstić information content (AvgIpc) is 2.66. The zero-order valence-corrected chi connectivity index (χ0v) is 8.21. The first-order valence-corrected chi connectivity index (χ1v) is 4.56. The van der Waals surface area contributed by atoms with Crippen molar-refractivity contribution in [3.05, 3.63) is 34.7 Å². The Hall–Kier alpha value is -1.91. The molecule has 0 amide bonds. The lowest BCUT2D eigenvalue weighted by Crippen LogP contribution is -2.35. The second-order valence-corrected chi connectivity index (χ2v) is 3.30. The molecule has 1 aliphatic heterocycles. The first-order chi connectivity index (χ1) is 7.27. The van der Waals surface area contributed by atoms with Crippen LogP contribution in [0, 0.1) is 4.91 Å². The van der Waals surface area contributed by atoms with Crippen molar-refractivity contribution in [3.63, 3.8) is 0 Å². The van der Waals surface area contributed by atoms with E-state index in [0.29, 0.717) is 12.1 Å². The van der Waals surface area contributed by atoms with Crippen LogP contribution in [0.2, 0.25) is 0 Å². The van der Waals surface area contributed by atoms with Crippen LogP contribution in [0.3, 0.4) is 0 Å². The normalized spacial score (nSPS) is 18.5. The summed E-state index contributed by atoms with van der Waals surface area (Å²) >= 11 is 0. The van der Waals surface area contributed by atoms with Gasteiger partial charge in [-0.05, 0) is 11.6 Å². The zero-order chi connectivity index (χ0) is 10.8. The number of carbonyl (C=O) groups excluding carboxylic acids is 1. The molecule has 0 bridgehead atoms. The number of hydrogen-bond donors (Lipinski definition) is 0. The zero-order valence-electron chi connectivity index (χ0n) is 8.21. The van der Waals surface area contributed by atoms with Crippen LogP contribution in [0.25, 0.3) is 0 Å². The molecule has 0 aliphatic carbocycles. The number of fused-ring (bicyclic) bond motifs is 1. The number of hydrogen-bond acceptors (Lipinski definition) is 4. The predicted molar refractivity (Wildman–Crippen MR) is 54.2 cm³/mol. The van der Waals surface area contributed by atoms with E-state index in [2.05, 4.69) is 10.0 Å². The largest absolute Gasteiger partial charge is 0.467 e. The number of anilines is 1. The van der Waals surface area contributed by atoms with Crippen molar-refractivity contribution in [2.24, 2.45) is 5.29 Å². The van der Waals surface area contributed by atoms with Crippen LogP contribution in [0.5, 0.6) is 0 Å². The van der Waals surface area contributed by atoms with E-state index < -0.39 is 12.0 Å². The molecule has 2 rings (SSSR count). The number of esters is 1. The molecule has 0 saturated heterocycles. The first-order valence-electron chi connectivity index (χ1n) is 4.56. The predicted octanol–water partition coefficient (Wildman–Crippen LogP) is 1.27. The van der Waals surface area contributed by atoms with Crippen molar-refractivity contribution < 1.29 is 9.53 Å². The molecule has 0 N–H and O–H groups in total. The Morgan fingerprint density at radius 3 is 2.93 bits per heavy atom. The summed E-state index contributed by atoms with van der Waals surface area (Å²) in [5, 5.41) is 4.03. The van der Waals surface area contributed by atoms with E-state index >= 15 is 0 Å². The summed E-state index contributed by atoms with van der Waals surface area (Å²) < 4.78 is 4.62. The highest BCUT2D eigenvalue weighted by atomic mass is 16.5. The summed E-state index contributed by atoms with van der Waals surface area (Å²) in [6.45, 7) is 0. The van der Waals surface area contributed by atoms with Crippen LogP contribution >= 0.6 is 0 Å². The smallest absolute Gasteiger partial charge is 0.331 e. The standard InChI is InChI=1S/C10H10N2O3/c1-15-10(13)9-6-7-4-2-3-5-8(7)12(9)11-14/h2-5,9H,6H2,1H3/t9-/m1/s1. The van der Waals surface area contributed by atoms with E-state index in [1.54, 1.807) is 12.1 Å². The van der Waals surface area contributed by atoms with E-state index in [4.69, 9.17) is 0 Å². The van der Waals surface area contributed by atoms with Crippen LogP contribution in [-0.2, 0) is 16.0 Å². The van der Waals surface area contributed by atoms with Crippen LogP contribution in [0.4, 0.5) is 5.69 Å². The van der Waals surface area contributed by atoms with Gasteiger partial charge in [-0.2, -0.15) is 0 Å². The Labute approximate surface area is 86.6 Å². The van der Waals surface area contributed by atoms with Crippen LogP contribution in [-0.4, -0.2) is 19.1 Å². The minimum atomic E-state index is -0.620. The summed E-state index contributed by atoms with van der Waals surface area (Å²) in [4.78, 5) is 22.1. The van der Waals surface area contributed by atoms with Crippen LogP contribution in [0.15, 0.2) is 29.6 Å². The molecular weight excluding hydrogens is 196 g/mol. The van der Waals surface area contributed by atoms with E-state index in [-0.39, 0.29) is 0 Å². The van der Waals surface area contributed by atoms with Gasteiger partial charge >= 0.3 is 5.97 Å². The summed E-state index contributed by atoms with van der Waals surface area (Å²) in [6.07, 6.45) is 0.467. The van der Waals surface area contributed by atoms with Crippen molar-refractivity contribution >= 4 is 11.7 Å². The minimum Gasteiger partial charge on any atom is -0.467 e. The molecular formula is C10H10N2O3. The lowest BCUT2D eigenvalue weighted by Gasteiger charge is -2.15. The van der Waals surface area contributed by atoms with Crippen molar-refractivity contribution in [3.8, 4) is 0 Å². The topological polar surface area (TPSA) is 59.0 Å². The Balaban J connectivity index is 2.36. The molecule has 0 saturated carbocycles. The Morgan fingerprint density at radius 1 is 1.53 bits per heavy atom. The molecule has 5 heteroatoms. The molecule has 15 heavy (non-hydrogen) atoms. The molecule has 0 aromatic heterocycles. The summed E-state index contributed by atoms with van der Waals surface area (Å²) in [7, 11) is 1.30. The SMILES string of the molecule is COC(=O)[C@H]1Cc2ccccc2N1N=O. The van der Waals surface area contributed by atoms with Crippen LogP contribution < -0.4 is 5.01 Å². The van der Waals surface area contributed by atoms with Gasteiger partial charge < -0.3 is 4.74 Å². The molecule has 5 nitrogen and oxygen atoms in total. The number of benzene rings is 1. The second-order valence-electron chi connectivity index (χ2n) is 3.30. The number of rotatable bonds is 2. The molecule has 0 radical (unpaired) electrons. The Bertz CT molecular complexity index is 405. The number of methoxy groups -OCH3 is 1. The van der Waals surface area contributed by atoms with Crippen molar-refractivity contribution in [2.75, 3.05) is 12.1 Å². The molecule has 1 atom stereocenters. The van der Waals surface area contributed by atoms with Crippen molar-refractivity contribution in [2.45, 2.75) is 12.5 Å². The fourth-order valence-corrected chi connectivity index (χ4v) is 1.79. The number of carbonyl (C=O) groups is 1. The number of ether oxygens (including phenoxy) is 1. The summed E-state index contributed by atoms with van der Waals surface area (Å²) in [6, 6.07) is 6.68. The molecule has 0 unspecified atom stereocenters. The molecule has 1 heterocycles. The maximum atomic E-state index is 11.4. The Morgan fingerprint density at radius 2 is 2.27 bits per heavy atom. The maximum Gasteiger partial charge on any atom is 0.331 e. The summed E-state index contributed by atoms with van der Waals surface area (Å²) in [5.74, 6) is -0.439. The van der Waals surface area contributed by atoms with Gasteiger partial charge in [0.2, 0.25) is 0 Å². The molecule has 0 fully saturated rings.